The molecule has 2 N–H and O–H groups in total. The van der Waals surface area contributed by atoms with E-state index in [9.17, 15) is 22.0 Å². The molecule has 0 aliphatic carbocycles. The van der Waals surface area contributed by atoms with Crippen LogP contribution in [0.25, 0.3) is 0 Å². The van der Waals surface area contributed by atoms with E-state index in [1.165, 1.54) is 19.2 Å². The average Bonchev–Trinajstić information content (AvgIpc) is 3.02. The highest BCUT2D eigenvalue weighted by molar-refractivity contribution is 14.0. The summed E-state index contributed by atoms with van der Waals surface area (Å²) in [5, 5.41) is 5.76. The van der Waals surface area contributed by atoms with Crippen molar-refractivity contribution in [1.82, 2.24) is 10.6 Å². The maximum atomic E-state index is 12.6. The Morgan fingerprint density at radius 3 is 2.46 bits per heavy atom. The van der Waals surface area contributed by atoms with Crippen molar-refractivity contribution in [3.05, 3.63) is 17.7 Å². The van der Waals surface area contributed by atoms with Crippen molar-refractivity contribution in [3.63, 3.8) is 0 Å². The van der Waals surface area contributed by atoms with Gasteiger partial charge in [0.25, 0.3) is 0 Å². The number of aliphatic imine (C=N–C) groups is 1. The maximum absolute atomic E-state index is 12.6. The normalized spacial score (nSPS) is 13.3. The van der Waals surface area contributed by atoms with E-state index < -0.39 is 19.2 Å². The molecule has 1 aromatic carbocycles. The van der Waals surface area contributed by atoms with Crippen molar-refractivity contribution in [2.24, 2.45) is 4.99 Å². The summed E-state index contributed by atoms with van der Waals surface area (Å²) in [7, 11) is 1.49. The Hall–Kier alpha value is -1.73. The first-order chi connectivity index (χ1) is 12.8. The Morgan fingerprint density at radius 2 is 1.86 bits per heavy atom. The van der Waals surface area contributed by atoms with E-state index >= 15 is 0 Å². The van der Waals surface area contributed by atoms with Gasteiger partial charge in [0.05, 0.1) is 0 Å². The largest absolute Gasteiger partial charge is 0.454 e. The van der Waals surface area contributed by atoms with Crippen molar-refractivity contribution in [2.45, 2.75) is 38.6 Å². The molecule has 0 bridgehead atoms. The second-order valence-electron chi connectivity index (χ2n) is 5.62. The molecule has 0 spiro atoms. The van der Waals surface area contributed by atoms with Gasteiger partial charge in [0.1, 0.15) is 5.75 Å². The van der Waals surface area contributed by atoms with Crippen LogP contribution in [0.4, 0.5) is 22.0 Å². The van der Waals surface area contributed by atoms with Crippen molar-refractivity contribution in [2.75, 3.05) is 20.4 Å². The van der Waals surface area contributed by atoms with Crippen LogP contribution in [0.15, 0.2) is 17.1 Å². The lowest BCUT2D eigenvalue weighted by Crippen LogP contribution is -2.37. The Kier molecular flexibility index (Phi) is 9.82. The first-order valence-corrected chi connectivity index (χ1v) is 8.17. The lowest BCUT2D eigenvalue weighted by atomic mass is 10.1. The van der Waals surface area contributed by atoms with Gasteiger partial charge in [-0.3, -0.25) is 4.99 Å². The summed E-state index contributed by atoms with van der Waals surface area (Å²) >= 11 is 0. The van der Waals surface area contributed by atoms with Gasteiger partial charge in [-0.25, -0.2) is 0 Å². The van der Waals surface area contributed by atoms with Gasteiger partial charge in [0.2, 0.25) is 6.79 Å². The van der Waals surface area contributed by atoms with Crippen molar-refractivity contribution in [1.29, 1.82) is 0 Å². The first-order valence-electron chi connectivity index (χ1n) is 8.17. The monoisotopic (exact) mass is 525 g/mol. The number of benzene rings is 1. The van der Waals surface area contributed by atoms with E-state index in [1.807, 2.05) is 0 Å². The number of unbranched alkanes of at least 4 members (excludes halogenated alkanes) is 1. The molecule has 0 aromatic heterocycles. The molecule has 28 heavy (non-hydrogen) atoms. The molecule has 0 amide bonds. The van der Waals surface area contributed by atoms with E-state index in [4.69, 9.17) is 9.47 Å². The van der Waals surface area contributed by atoms with Gasteiger partial charge in [0.15, 0.2) is 17.5 Å². The fourth-order valence-corrected chi connectivity index (χ4v) is 2.37. The number of guanidine groups is 1. The third-order valence-electron chi connectivity index (χ3n) is 3.62. The van der Waals surface area contributed by atoms with E-state index in [1.54, 1.807) is 0 Å². The quantitative estimate of drug-likeness (QED) is 0.177. The Labute approximate surface area is 175 Å². The molecule has 0 fully saturated rings. The molecular weight excluding hydrogens is 504 g/mol. The molecule has 0 radical (unpaired) electrons. The number of ether oxygens (including phenoxy) is 3. The van der Waals surface area contributed by atoms with Gasteiger partial charge in [-0.1, -0.05) is 0 Å². The lowest BCUT2D eigenvalue weighted by molar-refractivity contribution is -0.135. The molecule has 0 saturated carbocycles. The van der Waals surface area contributed by atoms with Crippen LogP contribution in [-0.4, -0.2) is 39.1 Å². The van der Waals surface area contributed by atoms with Crippen LogP contribution in [0, 0.1) is 0 Å². The van der Waals surface area contributed by atoms with Gasteiger partial charge in [-0.15, -0.1) is 24.0 Å². The van der Waals surface area contributed by atoms with Gasteiger partial charge in [0, 0.05) is 38.2 Å². The third kappa shape index (κ3) is 8.10. The number of rotatable bonds is 8. The molecular formula is C16H21F5IN3O3. The Bertz CT molecular complexity index is 659. The van der Waals surface area contributed by atoms with Gasteiger partial charge in [-0.05, 0) is 18.9 Å². The summed E-state index contributed by atoms with van der Waals surface area (Å²) < 4.78 is 76.4. The smallest absolute Gasteiger partial charge is 0.389 e. The van der Waals surface area contributed by atoms with Crippen LogP contribution in [0.3, 0.4) is 0 Å². The molecule has 12 heteroatoms. The SMILES string of the molecule is CN=C(NCCCCC(F)(F)F)NCc1cc2c(cc1OC(F)F)OCO2.I. The van der Waals surface area contributed by atoms with Gasteiger partial charge >= 0.3 is 12.8 Å². The minimum absolute atomic E-state index is 0. The number of hydrogen-bond acceptors (Lipinski definition) is 4. The summed E-state index contributed by atoms with van der Waals surface area (Å²) in [5.74, 6) is 0.968. The lowest BCUT2D eigenvalue weighted by Gasteiger charge is -2.15. The van der Waals surface area contributed by atoms with Crippen LogP contribution in [0.5, 0.6) is 17.2 Å². The van der Waals surface area contributed by atoms with E-state index in [-0.39, 0.29) is 56.0 Å². The van der Waals surface area contributed by atoms with E-state index in [2.05, 4.69) is 20.4 Å². The highest BCUT2D eigenvalue weighted by atomic mass is 127. The topological polar surface area (TPSA) is 64.1 Å². The summed E-state index contributed by atoms with van der Waals surface area (Å²) in [6.07, 6.45) is -4.70. The molecule has 1 aliphatic heterocycles. The van der Waals surface area contributed by atoms with Crippen molar-refractivity contribution < 1.29 is 36.2 Å². The van der Waals surface area contributed by atoms with Crippen molar-refractivity contribution in [3.8, 4) is 17.2 Å². The van der Waals surface area contributed by atoms with Crippen LogP contribution >= 0.6 is 24.0 Å². The van der Waals surface area contributed by atoms with E-state index in [0.717, 1.165) is 0 Å². The molecule has 0 unspecified atom stereocenters. The molecule has 0 saturated heterocycles. The molecule has 2 rings (SSSR count). The number of alkyl halides is 5. The molecule has 0 atom stereocenters. The zero-order chi connectivity index (χ0) is 19.9. The second kappa shape index (κ2) is 11.3. The van der Waals surface area contributed by atoms with Crippen LogP contribution in [0.1, 0.15) is 24.8 Å². The molecule has 1 aliphatic rings. The van der Waals surface area contributed by atoms with Crippen molar-refractivity contribution >= 4 is 29.9 Å². The second-order valence-corrected chi connectivity index (χ2v) is 5.62. The molecule has 160 valence electrons. The standard InChI is InChI=1S/C16H20F5N3O3.HI/c1-22-15(23-5-3-2-4-16(19,20)21)24-8-10-6-12-13(26-9-25-12)7-11(10)27-14(17)18;/h6-7,14H,2-5,8-9H2,1H3,(H2,22,23,24);1H. The Balaban J connectivity index is 0.00000392. The van der Waals surface area contributed by atoms with Gasteiger partial charge < -0.3 is 24.8 Å². The number of nitrogens with one attached hydrogen (secondary N) is 2. The predicted molar refractivity (Wildman–Crippen MR) is 103 cm³/mol. The number of hydrogen-bond donors (Lipinski definition) is 2. The number of halogens is 6. The van der Waals surface area contributed by atoms with Gasteiger partial charge in [-0.2, -0.15) is 22.0 Å². The summed E-state index contributed by atoms with van der Waals surface area (Å²) in [5.41, 5.74) is 0.388. The maximum Gasteiger partial charge on any atom is 0.389 e. The summed E-state index contributed by atoms with van der Waals surface area (Å²) in [4.78, 5) is 3.94. The minimum Gasteiger partial charge on any atom is -0.454 e. The fraction of sp³-hybridized carbons (Fsp3) is 0.562. The van der Waals surface area contributed by atoms with Crippen LogP contribution < -0.4 is 24.8 Å². The zero-order valence-corrected chi connectivity index (χ0v) is 17.3. The number of fused-ring (bicyclic) bond motifs is 1. The average molecular weight is 525 g/mol. The van der Waals surface area contributed by atoms with Crippen LogP contribution in [0.2, 0.25) is 0 Å². The first kappa shape index (κ1) is 24.3. The highest BCUT2D eigenvalue weighted by Gasteiger charge is 2.25. The summed E-state index contributed by atoms with van der Waals surface area (Å²) in [6, 6.07) is 2.84. The molecule has 1 aromatic rings. The predicted octanol–water partition coefficient (Wildman–Crippen LogP) is 4.03. The molecule has 6 nitrogen and oxygen atoms in total. The fourth-order valence-electron chi connectivity index (χ4n) is 2.37. The number of nitrogens with zero attached hydrogens (tertiary/aromatic N) is 1. The highest BCUT2D eigenvalue weighted by Crippen LogP contribution is 2.38. The minimum atomic E-state index is -4.17. The zero-order valence-electron chi connectivity index (χ0n) is 14.9. The molecule has 1 heterocycles. The summed E-state index contributed by atoms with van der Waals surface area (Å²) in [6.45, 7) is -2.64. The Morgan fingerprint density at radius 1 is 1.18 bits per heavy atom. The third-order valence-corrected chi connectivity index (χ3v) is 3.62. The van der Waals surface area contributed by atoms with E-state index in [0.29, 0.717) is 29.4 Å². The van der Waals surface area contributed by atoms with Crippen LogP contribution in [-0.2, 0) is 6.54 Å².